The molecule has 0 bridgehead atoms. The zero-order valence-electron chi connectivity index (χ0n) is 7.39. The number of benzene rings is 1. The first kappa shape index (κ1) is 10.4. The highest BCUT2D eigenvalue weighted by Gasteiger charge is 2.13. The van der Waals surface area contributed by atoms with E-state index in [0.29, 0.717) is 0 Å². The molecule has 3 nitrogen and oxygen atoms in total. The molecule has 3 N–H and O–H groups in total. The number of halogens is 2. The van der Waals surface area contributed by atoms with E-state index in [1.165, 1.54) is 12.1 Å². The maximum Gasteiger partial charge on any atom is 0.256 e. The van der Waals surface area contributed by atoms with Gasteiger partial charge in [0, 0.05) is 12.2 Å². The van der Waals surface area contributed by atoms with Gasteiger partial charge in [-0.1, -0.05) is 6.07 Å². The second kappa shape index (κ2) is 4.55. The maximum absolute atomic E-state index is 13.1. The van der Waals surface area contributed by atoms with E-state index >= 15 is 0 Å². The first-order valence-corrected chi connectivity index (χ1v) is 4.05. The molecule has 1 amide bonds. The van der Waals surface area contributed by atoms with E-state index < -0.39 is 18.4 Å². The summed E-state index contributed by atoms with van der Waals surface area (Å²) >= 11 is 0. The standard InChI is InChI=1S/C9H10F2N2O/c10-4-5-13-9(14)8-6(11)2-1-3-7(8)12/h1-3H,4-5,12H2,(H,13,14). The third-order valence-electron chi connectivity index (χ3n) is 1.65. The van der Waals surface area contributed by atoms with Crippen molar-refractivity contribution < 1.29 is 13.6 Å². The van der Waals surface area contributed by atoms with Crippen LogP contribution < -0.4 is 11.1 Å². The Morgan fingerprint density at radius 2 is 2.21 bits per heavy atom. The Morgan fingerprint density at radius 3 is 2.79 bits per heavy atom. The van der Waals surface area contributed by atoms with Gasteiger partial charge in [0.15, 0.2) is 0 Å². The number of rotatable bonds is 3. The molecular formula is C9H10F2N2O. The van der Waals surface area contributed by atoms with Gasteiger partial charge < -0.3 is 11.1 Å². The summed E-state index contributed by atoms with van der Waals surface area (Å²) in [6.07, 6.45) is 0. The van der Waals surface area contributed by atoms with Crippen molar-refractivity contribution in [1.29, 1.82) is 0 Å². The molecule has 1 aromatic rings. The van der Waals surface area contributed by atoms with E-state index in [1.807, 2.05) is 0 Å². The van der Waals surface area contributed by atoms with Crippen LogP contribution in [0.15, 0.2) is 18.2 Å². The van der Waals surface area contributed by atoms with Gasteiger partial charge in [-0.2, -0.15) is 0 Å². The van der Waals surface area contributed by atoms with Crippen LogP contribution in [0.5, 0.6) is 0 Å². The lowest BCUT2D eigenvalue weighted by Gasteiger charge is -2.06. The molecule has 0 aliphatic heterocycles. The smallest absolute Gasteiger partial charge is 0.256 e. The molecule has 0 unspecified atom stereocenters. The molecule has 0 fully saturated rings. The highest BCUT2D eigenvalue weighted by atomic mass is 19.1. The Bertz CT molecular complexity index is 321. The Balaban J connectivity index is 2.89. The summed E-state index contributed by atoms with van der Waals surface area (Å²) in [6, 6.07) is 3.94. The average molecular weight is 200 g/mol. The SMILES string of the molecule is Nc1cccc(F)c1C(=O)NCCF. The Labute approximate surface area is 79.9 Å². The predicted octanol–water partition coefficient (Wildman–Crippen LogP) is 1.11. The molecule has 0 aromatic heterocycles. The van der Waals surface area contributed by atoms with Gasteiger partial charge in [-0.25, -0.2) is 8.78 Å². The summed E-state index contributed by atoms with van der Waals surface area (Å²) < 4.78 is 24.8. The normalized spacial score (nSPS) is 9.86. The Kier molecular flexibility index (Phi) is 3.39. The summed E-state index contributed by atoms with van der Waals surface area (Å²) in [4.78, 5) is 11.2. The van der Waals surface area contributed by atoms with Crippen molar-refractivity contribution in [1.82, 2.24) is 5.32 Å². The molecule has 0 saturated heterocycles. The summed E-state index contributed by atoms with van der Waals surface area (Å²) in [5.74, 6) is -1.40. The van der Waals surface area contributed by atoms with Crippen LogP contribution in [-0.2, 0) is 0 Å². The number of hydrogen-bond acceptors (Lipinski definition) is 2. The predicted molar refractivity (Wildman–Crippen MR) is 49.1 cm³/mol. The van der Waals surface area contributed by atoms with Gasteiger partial charge in [-0.05, 0) is 12.1 Å². The number of nitrogens with one attached hydrogen (secondary N) is 1. The minimum Gasteiger partial charge on any atom is -0.398 e. The van der Waals surface area contributed by atoms with E-state index in [-0.39, 0.29) is 17.8 Å². The largest absolute Gasteiger partial charge is 0.398 e. The zero-order valence-corrected chi connectivity index (χ0v) is 7.39. The van der Waals surface area contributed by atoms with E-state index in [1.54, 1.807) is 0 Å². The Hall–Kier alpha value is -1.65. The number of carbonyl (C=O) groups is 1. The highest BCUT2D eigenvalue weighted by Crippen LogP contribution is 2.14. The second-order valence-corrected chi connectivity index (χ2v) is 2.65. The molecule has 1 rings (SSSR count). The molecule has 5 heteroatoms. The van der Waals surface area contributed by atoms with E-state index in [9.17, 15) is 13.6 Å². The van der Waals surface area contributed by atoms with E-state index in [2.05, 4.69) is 5.32 Å². The quantitative estimate of drug-likeness (QED) is 0.718. The number of nitrogen functional groups attached to an aromatic ring is 1. The lowest BCUT2D eigenvalue weighted by atomic mass is 10.1. The number of alkyl halides is 1. The van der Waals surface area contributed by atoms with E-state index in [4.69, 9.17) is 5.73 Å². The highest BCUT2D eigenvalue weighted by molar-refractivity contribution is 5.99. The van der Waals surface area contributed by atoms with Gasteiger partial charge >= 0.3 is 0 Å². The first-order chi connectivity index (χ1) is 6.66. The molecular weight excluding hydrogens is 190 g/mol. The fraction of sp³-hybridized carbons (Fsp3) is 0.222. The summed E-state index contributed by atoms with van der Waals surface area (Å²) in [5.41, 5.74) is 5.21. The fourth-order valence-corrected chi connectivity index (χ4v) is 1.03. The summed E-state index contributed by atoms with van der Waals surface area (Å²) in [6.45, 7) is -0.841. The van der Waals surface area contributed by atoms with Crippen LogP contribution in [0.4, 0.5) is 14.5 Å². The van der Waals surface area contributed by atoms with Gasteiger partial charge in [0.1, 0.15) is 12.5 Å². The third-order valence-corrected chi connectivity index (χ3v) is 1.65. The van der Waals surface area contributed by atoms with Crippen LogP contribution in [0.25, 0.3) is 0 Å². The minimum absolute atomic E-state index is 0.0429. The lowest BCUT2D eigenvalue weighted by molar-refractivity contribution is 0.0948. The fourth-order valence-electron chi connectivity index (χ4n) is 1.03. The van der Waals surface area contributed by atoms with E-state index in [0.717, 1.165) is 6.07 Å². The molecule has 14 heavy (non-hydrogen) atoms. The first-order valence-electron chi connectivity index (χ1n) is 4.05. The summed E-state index contributed by atoms with van der Waals surface area (Å²) in [5, 5.41) is 2.20. The summed E-state index contributed by atoms with van der Waals surface area (Å²) in [7, 11) is 0. The molecule has 0 aliphatic carbocycles. The lowest BCUT2D eigenvalue weighted by Crippen LogP contribution is -2.27. The molecule has 76 valence electrons. The Morgan fingerprint density at radius 1 is 1.50 bits per heavy atom. The molecule has 0 heterocycles. The van der Waals surface area contributed by atoms with Crippen molar-refractivity contribution in [3.8, 4) is 0 Å². The topological polar surface area (TPSA) is 55.1 Å². The van der Waals surface area contributed by atoms with Crippen LogP contribution in [0.2, 0.25) is 0 Å². The minimum atomic E-state index is -0.707. The van der Waals surface area contributed by atoms with Crippen LogP contribution in [-0.4, -0.2) is 19.1 Å². The number of amides is 1. The van der Waals surface area contributed by atoms with Gasteiger partial charge in [0.2, 0.25) is 0 Å². The number of carbonyl (C=O) groups excluding carboxylic acids is 1. The number of nitrogens with two attached hydrogens (primary N) is 1. The van der Waals surface area contributed by atoms with Crippen molar-refractivity contribution >= 4 is 11.6 Å². The molecule has 0 atom stereocenters. The number of anilines is 1. The number of hydrogen-bond donors (Lipinski definition) is 2. The van der Waals surface area contributed by atoms with Gasteiger partial charge in [0.25, 0.3) is 5.91 Å². The van der Waals surface area contributed by atoms with Gasteiger partial charge in [-0.3, -0.25) is 4.79 Å². The third kappa shape index (κ3) is 2.18. The van der Waals surface area contributed by atoms with Crippen molar-refractivity contribution in [2.75, 3.05) is 19.0 Å². The van der Waals surface area contributed by atoms with Crippen LogP contribution >= 0.6 is 0 Å². The maximum atomic E-state index is 13.1. The van der Waals surface area contributed by atoms with Crippen LogP contribution in [0.1, 0.15) is 10.4 Å². The monoisotopic (exact) mass is 200 g/mol. The van der Waals surface area contributed by atoms with Crippen molar-refractivity contribution in [2.24, 2.45) is 0 Å². The van der Waals surface area contributed by atoms with Crippen LogP contribution in [0, 0.1) is 5.82 Å². The van der Waals surface area contributed by atoms with Gasteiger partial charge in [0.05, 0.1) is 5.56 Å². The molecule has 0 saturated carbocycles. The van der Waals surface area contributed by atoms with Crippen molar-refractivity contribution in [3.05, 3.63) is 29.6 Å². The van der Waals surface area contributed by atoms with Crippen LogP contribution in [0.3, 0.4) is 0 Å². The van der Waals surface area contributed by atoms with Crippen molar-refractivity contribution in [2.45, 2.75) is 0 Å². The van der Waals surface area contributed by atoms with Gasteiger partial charge in [-0.15, -0.1) is 0 Å². The zero-order chi connectivity index (χ0) is 10.6. The molecule has 0 radical (unpaired) electrons. The van der Waals surface area contributed by atoms with Crippen molar-refractivity contribution in [3.63, 3.8) is 0 Å². The second-order valence-electron chi connectivity index (χ2n) is 2.65. The molecule has 0 spiro atoms. The average Bonchev–Trinajstić information content (AvgIpc) is 2.14. The molecule has 1 aromatic carbocycles. The molecule has 0 aliphatic rings.